The van der Waals surface area contributed by atoms with Crippen LogP contribution in [0.25, 0.3) is 0 Å². The fourth-order valence-electron chi connectivity index (χ4n) is 16.0. The van der Waals surface area contributed by atoms with Gasteiger partial charge in [0.05, 0.1) is 180 Å². The second-order valence-electron chi connectivity index (χ2n) is 38.8. The van der Waals surface area contributed by atoms with Crippen LogP contribution in [0.2, 0.25) is 0 Å². The van der Waals surface area contributed by atoms with E-state index in [2.05, 4.69) is 188 Å². The summed E-state index contributed by atoms with van der Waals surface area (Å²) in [7, 11) is 12.4. The van der Waals surface area contributed by atoms with E-state index >= 15 is 0 Å². The van der Waals surface area contributed by atoms with Crippen LogP contribution in [-0.4, -0.2) is 392 Å². The number of unbranched alkanes of at least 4 members (excludes halogenated alkanes) is 3. The Morgan fingerprint density at radius 3 is 0.441 bits per heavy atom. The van der Waals surface area contributed by atoms with Crippen molar-refractivity contribution in [1.29, 1.82) is 0 Å². The Morgan fingerprint density at radius 1 is 0.162 bits per heavy atom. The van der Waals surface area contributed by atoms with Crippen molar-refractivity contribution in [3.8, 4) is 0 Å². The van der Waals surface area contributed by atoms with Crippen LogP contribution in [-0.2, 0) is 85.8 Å². The Morgan fingerprint density at radius 2 is 0.309 bits per heavy atom. The van der Waals surface area contributed by atoms with Gasteiger partial charge in [-0.2, -0.15) is 0 Å². The molecule has 0 spiro atoms. The van der Waals surface area contributed by atoms with Gasteiger partial charge in [0.15, 0.2) is 0 Å². The average Bonchev–Trinajstić information content (AvgIpc) is 0.869. The normalized spacial score (nSPS) is 12.5. The van der Waals surface area contributed by atoms with Crippen molar-refractivity contribution < 1.29 is 126 Å². The number of esters is 9. The molecular weight excluding hydrogens is 1720 g/mol. The lowest BCUT2D eigenvalue weighted by atomic mass is 10.2. The number of hydrogen-bond donors (Lipinski definition) is 0. The number of ether oxygens (including phenoxy) is 9. The van der Waals surface area contributed by atoms with Crippen molar-refractivity contribution in [2.45, 2.75) is 368 Å². The molecule has 0 aliphatic heterocycles. The van der Waals surface area contributed by atoms with Crippen LogP contribution in [0.3, 0.4) is 0 Å². The van der Waals surface area contributed by atoms with Gasteiger partial charge < -0.3 is 83.0 Å². The number of rotatable bonds is 73. The third kappa shape index (κ3) is 89.0. The monoisotopic (exact) mass is 1960 g/mol. The van der Waals surface area contributed by atoms with E-state index < -0.39 is 0 Å². The molecule has 0 saturated carbocycles. The number of carbonyl (C=O) groups excluding carboxylic acids is 9. The fraction of sp³-hybridized carbons (Fsp3) is 0.917. The molecule has 0 radical (unpaired) electrons. The predicted octanol–water partition coefficient (Wildman–Crippen LogP) is 20.2. The first-order valence-electron chi connectivity index (χ1n) is 55.3. The van der Waals surface area contributed by atoms with Gasteiger partial charge in [-0.05, 0) is 166 Å². The van der Waals surface area contributed by atoms with Gasteiger partial charge in [-0.15, -0.1) is 0 Å². The van der Waals surface area contributed by atoms with Gasteiger partial charge in [-0.3, -0.25) is 43.2 Å². The van der Waals surface area contributed by atoms with Crippen molar-refractivity contribution >= 4 is 53.7 Å². The van der Waals surface area contributed by atoms with Crippen LogP contribution in [0, 0.1) is 0 Å². The number of quaternary nitrogens is 9. The summed E-state index contributed by atoms with van der Waals surface area (Å²) in [6, 6.07) is 0. The van der Waals surface area contributed by atoms with Crippen LogP contribution < -0.4 is 0 Å². The molecule has 0 saturated heterocycles. The second-order valence-corrected chi connectivity index (χ2v) is 38.8. The largest absolute Gasteiger partial charge is 0.460 e. The van der Waals surface area contributed by atoms with Crippen molar-refractivity contribution in [3.05, 3.63) is 0 Å². The molecular formula is C109H236N9O18+9. The van der Waals surface area contributed by atoms with Gasteiger partial charge >= 0.3 is 53.7 Å². The van der Waals surface area contributed by atoms with E-state index in [9.17, 15) is 43.2 Å². The van der Waals surface area contributed by atoms with Crippen LogP contribution in [0.5, 0.6) is 0 Å². The Bertz CT molecular complexity index is 2740. The van der Waals surface area contributed by atoms with E-state index in [1.165, 1.54) is 156 Å². The van der Waals surface area contributed by atoms with Gasteiger partial charge in [0.1, 0.15) is 118 Å². The summed E-state index contributed by atoms with van der Waals surface area (Å²) in [4.78, 5) is 99.3. The minimum Gasteiger partial charge on any atom is -0.460 e. The zero-order valence-corrected chi connectivity index (χ0v) is 97.1. The van der Waals surface area contributed by atoms with E-state index in [1.54, 1.807) is 6.92 Å². The van der Waals surface area contributed by atoms with E-state index in [4.69, 9.17) is 42.6 Å². The Labute approximate surface area is 841 Å². The molecule has 0 rings (SSSR count). The molecule has 136 heavy (non-hydrogen) atoms. The van der Waals surface area contributed by atoms with Crippen molar-refractivity contribution in [2.75, 3.05) is 298 Å². The van der Waals surface area contributed by atoms with Gasteiger partial charge in [0.25, 0.3) is 0 Å². The third-order valence-electron chi connectivity index (χ3n) is 26.1. The molecule has 0 aliphatic rings. The summed E-state index contributed by atoms with van der Waals surface area (Å²) >= 11 is 0. The lowest BCUT2D eigenvalue weighted by molar-refractivity contribution is -0.927. The molecule has 0 heterocycles. The maximum Gasteiger partial charge on any atom is 0.305 e. The lowest BCUT2D eigenvalue weighted by Gasteiger charge is -2.37. The number of likely N-dealkylation sites (N-methyl/N-ethyl adjacent to an activating group) is 9. The van der Waals surface area contributed by atoms with Gasteiger partial charge in [0, 0.05) is 58.3 Å². The number of hydrogen-bond acceptors (Lipinski definition) is 18. The molecule has 0 bridgehead atoms. The third-order valence-corrected chi connectivity index (χ3v) is 26.1. The molecule has 0 aromatic rings. The zero-order chi connectivity index (χ0) is 106. The summed E-state index contributed by atoms with van der Waals surface area (Å²) in [5.74, 6) is -0.752. The minimum atomic E-state index is -0.166. The lowest BCUT2D eigenvalue weighted by Crippen LogP contribution is -2.51. The molecule has 0 amide bonds. The Balaban J connectivity index is -0.000000191. The molecule has 3 unspecified atom stereocenters. The van der Waals surface area contributed by atoms with Crippen LogP contribution in [0.15, 0.2) is 0 Å². The predicted molar refractivity (Wildman–Crippen MR) is 568 cm³/mol. The summed E-state index contributed by atoms with van der Waals surface area (Å²) in [5.41, 5.74) is 0. The minimum absolute atomic E-state index is 0.0429. The zero-order valence-electron chi connectivity index (χ0n) is 97.1. The van der Waals surface area contributed by atoms with E-state index in [1.807, 2.05) is 48.5 Å². The van der Waals surface area contributed by atoms with Gasteiger partial charge in [0.2, 0.25) is 0 Å². The molecule has 0 aromatic carbocycles. The fourth-order valence-corrected chi connectivity index (χ4v) is 16.0. The summed E-state index contributed by atoms with van der Waals surface area (Å²) in [6.45, 7) is 101. The van der Waals surface area contributed by atoms with E-state index in [0.29, 0.717) is 111 Å². The maximum atomic E-state index is 11.4. The van der Waals surface area contributed by atoms with Gasteiger partial charge in [-0.1, -0.05) is 144 Å². The maximum absolute atomic E-state index is 11.4. The summed E-state index contributed by atoms with van der Waals surface area (Å²) in [5, 5.41) is 0. The highest BCUT2D eigenvalue weighted by molar-refractivity contribution is 5.71. The molecule has 0 aromatic heterocycles. The van der Waals surface area contributed by atoms with Crippen LogP contribution in [0.4, 0.5) is 0 Å². The molecule has 0 aliphatic carbocycles. The first-order chi connectivity index (χ1) is 64.3. The second kappa shape index (κ2) is 97.3. The SMILES string of the molecule is CCC(=O)OCC[N+](C)(C)C.CCC(=O)OCC[N+](CC)(CC)CC.CCCC(=O)OCC[N+](C)(C)C.CCCC(=O)OCC[N+](CC)(CC)CC.CCCC(=O)OCC[N+](CC)(CCC)CCC.CCCC[N+](CC)(CCC)CCOC(=O)CC.CCCC[N+](CC)(CCC)CCOC(=O)CCC.CCCC[N+](CC)(CCC)CCOC(C)=O.CCC[N+](CC)(CCC)CCOC(=O)CC. The highest BCUT2D eigenvalue weighted by Gasteiger charge is 2.30. The molecule has 27 nitrogen and oxygen atoms in total. The highest BCUT2D eigenvalue weighted by Crippen LogP contribution is 2.17. The van der Waals surface area contributed by atoms with Crippen molar-refractivity contribution in [1.82, 2.24) is 0 Å². The van der Waals surface area contributed by atoms with Crippen molar-refractivity contribution in [3.63, 3.8) is 0 Å². The number of carbonyl (C=O) groups is 9. The van der Waals surface area contributed by atoms with E-state index in [-0.39, 0.29) is 53.7 Å². The van der Waals surface area contributed by atoms with Crippen LogP contribution in [0.1, 0.15) is 368 Å². The quantitative estimate of drug-likeness (QED) is 0.0312. The molecule has 0 N–H and O–H groups in total. The first-order valence-corrected chi connectivity index (χ1v) is 55.3. The molecule has 27 heteroatoms. The smallest absolute Gasteiger partial charge is 0.305 e. The van der Waals surface area contributed by atoms with E-state index in [0.717, 1.165) is 197 Å². The Hall–Kier alpha value is -5.13. The molecule has 0 fully saturated rings. The topological polar surface area (TPSA) is 237 Å². The first kappa shape index (κ1) is 149. The highest BCUT2D eigenvalue weighted by atomic mass is 16.6. The van der Waals surface area contributed by atoms with Crippen molar-refractivity contribution in [2.24, 2.45) is 0 Å². The molecule has 816 valence electrons. The summed E-state index contributed by atoms with van der Waals surface area (Å²) in [6.07, 6.45) is 23.4. The standard InChI is InChI=1S/C15H32NO2.2C14H30NO2.2C13H28NO2.C12H26NO2.C11H24NO2.C9H20NO2.C8H18NO2/c1-5-9-12-16(8-4,11-7-3)13-14-18-15(17)10-6-2;1-5-9-11-15(8-4,10-6-2)12-13-17-14(16)7-3;1-5-9-14(16)17-13-12-15(8-4,10-6-2)11-7-3;1-5-8-10-14(7-3,9-6-2)11-12-16-13(4)15;1-5-9-14(8-4,10-6-2)11-12-16-13(15)7-3;1-5-9-12(14)15-11-10-13(6-2,7-3)8-4;1-5-11(13)14-10-9-12(6-2,7-3)8-4;1-5-6-9(11)12-8-7-10(2,3)4;1-5-8(10)11-7-6-9(2,3)4/h5-14H2,1-4H3;2*5-13H2,1-4H3;2*5-12H2,1-4H3;5-11H2,1-4H3;5-10H2,1-4H3;5-8H2,1-4H3;5-7H2,1-4H3/q9*+1. The molecule has 3 atom stereocenters. The van der Waals surface area contributed by atoms with Crippen LogP contribution >= 0.6 is 0 Å². The van der Waals surface area contributed by atoms with Gasteiger partial charge in [-0.25, -0.2) is 0 Å². The average molecular weight is 1960 g/mol. The number of nitrogens with zero attached hydrogens (tertiary/aromatic N) is 9. The summed E-state index contributed by atoms with van der Waals surface area (Å²) < 4.78 is 55.5. The Kier molecular flexibility index (Phi) is 106.